The average Bonchev–Trinajstić information content (AvgIpc) is 2.84. The second kappa shape index (κ2) is 6.79. The Morgan fingerprint density at radius 3 is 2.68 bits per heavy atom. The van der Waals surface area contributed by atoms with Crippen LogP contribution in [-0.4, -0.2) is 36.8 Å². The van der Waals surface area contributed by atoms with E-state index < -0.39 is 5.97 Å². The molecule has 0 aliphatic rings. The molecule has 6 heteroatoms. The van der Waals surface area contributed by atoms with Gasteiger partial charge >= 0.3 is 5.97 Å². The van der Waals surface area contributed by atoms with E-state index in [2.05, 4.69) is 4.98 Å². The highest BCUT2D eigenvalue weighted by atomic mass is 32.1. The molecule has 0 bridgehead atoms. The molecule has 2 aromatic rings. The van der Waals surface area contributed by atoms with E-state index in [1.807, 2.05) is 51.0 Å². The van der Waals surface area contributed by atoms with Crippen molar-refractivity contribution in [1.82, 2.24) is 4.98 Å². The maximum atomic E-state index is 11.1. The largest absolute Gasteiger partial charge is 0.494 e. The Morgan fingerprint density at radius 1 is 1.41 bits per heavy atom. The molecular formula is C16H20N2O3S. The molecule has 5 nitrogen and oxygen atoms in total. The van der Waals surface area contributed by atoms with Crippen molar-refractivity contribution in [2.24, 2.45) is 0 Å². The van der Waals surface area contributed by atoms with Gasteiger partial charge in [-0.1, -0.05) is 0 Å². The predicted octanol–water partition coefficient (Wildman–Crippen LogP) is 3.21. The van der Waals surface area contributed by atoms with Gasteiger partial charge in [0.2, 0.25) is 0 Å². The van der Waals surface area contributed by atoms with Gasteiger partial charge in [0.05, 0.1) is 18.7 Å². The summed E-state index contributed by atoms with van der Waals surface area (Å²) in [5.41, 5.74) is 2.67. The molecule has 0 saturated carbocycles. The first-order valence-electron chi connectivity index (χ1n) is 7.05. The molecule has 0 unspecified atom stereocenters. The van der Waals surface area contributed by atoms with Crippen LogP contribution in [0.2, 0.25) is 0 Å². The third-order valence-electron chi connectivity index (χ3n) is 3.13. The molecular weight excluding hydrogens is 300 g/mol. The van der Waals surface area contributed by atoms with Crippen LogP contribution in [0.1, 0.15) is 17.4 Å². The monoisotopic (exact) mass is 320 g/mol. The van der Waals surface area contributed by atoms with Crippen LogP contribution in [0.15, 0.2) is 18.2 Å². The second-order valence-corrected chi connectivity index (χ2v) is 6.21. The molecule has 1 heterocycles. The molecule has 1 aromatic carbocycles. The number of hydrogen-bond donors (Lipinski definition) is 1. The Hall–Kier alpha value is -2.08. The molecule has 1 N–H and O–H groups in total. The third kappa shape index (κ3) is 3.57. The lowest BCUT2D eigenvalue weighted by Gasteiger charge is -2.09. The number of carboxylic acids is 1. The van der Waals surface area contributed by atoms with Crippen LogP contribution in [0.25, 0.3) is 11.3 Å². The van der Waals surface area contributed by atoms with E-state index in [-0.39, 0.29) is 6.42 Å². The van der Waals surface area contributed by atoms with Gasteiger partial charge < -0.3 is 14.7 Å². The normalized spacial score (nSPS) is 10.5. The van der Waals surface area contributed by atoms with E-state index in [0.29, 0.717) is 6.61 Å². The van der Waals surface area contributed by atoms with Gasteiger partial charge in [0, 0.05) is 24.5 Å². The minimum Gasteiger partial charge on any atom is -0.494 e. The second-order valence-electron chi connectivity index (χ2n) is 5.15. The standard InChI is InChI=1S/C16H20N2O3S/c1-5-21-12-7-6-11(8-10(12)2)15-13(9-14(19)20)22-16(17-15)18(3)4/h6-8H,5,9H2,1-4H3,(H,19,20). The van der Waals surface area contributed by atoms with Crippen molar-refractivity contribution < 1.29 is 14.6 Å². The van der Waals surface area contributed by atoms with Gasteiger partial charge in [-0.15, -0.1) is 11.3 Å². The summed E-state index contributed by atoms with van der Waals surface area (Å²) in [5, 5.41) is 9.90. The van der Waals surface area contributed by atoms with Gasteiger partial charge in [-0.25, -0.2) is 4.98 Å². The van der Waals surface area contributed by atoms with Crippen molar-refractivity contribution in [2.75, 3.05) is 25.6 Å². The molecule has 0 atom stereocenters. The summed E-state index contributed by atoms with van der Waals surface area (Å²) in [6.45, 7) is 4.54. The lowest BCUT2D eigenvalue weighted by Crippen LogP contribution is -2.07. The molecule has 0 radical (unpaired) electrons. The summed E-state index contributed by atoms with van der Waals surface area (Å²) < 4.78 is 5.55. The average molecular weight is 320 g/mol. The van der Waals surface area contributed by atoms with Crippen molar-refractivity contribution in [3.05, 3.63) is 28.6 Å². The molecule has 0 saturated heterocycles. The zero-order chi connectivity index (χ0) is 16.3. The third-order valence-corrected chi connectivity index (χ3v) is 4.35. The summed E-state index contributed by atoms with van der Waals surface area (Å²) >= 11 is 1.41. The zero-order valence-corrected chi connectivity index (χ0v) is 14.0. The van der Waals surface area contributed by atoms with Gasteiger partial charge in [0.15, 0.2) is 5.13 Å². The zero-order valence-electron chi connectivity index (χ0n) is 13.2. The number of thiazole rings is 1. The molecule has 0 aliphatic heterocycles. The van der Waals surface area contributed by atoms with E-state index in [0.717, 1.165) is 32.6 Å². The highest BCUT2D eigenvalue weighted by molar-refractivity contribution is 7.16. The smallest absolute Gasteiger partial charge is 0.308 e. The van der Waals surface area contributed by atoms with E-state index >= 15 is 0 Å². The SMILES string of the molecule is CCOc1ccc(-c2nc(N(C)C)sc2CC(=O)O)cc1C. The number of ether oxygens (including phenoxy) is 1. The Bertz CT molecular complexity index is 680. The van der Waals surface area contributed by atoms with E-state index in [4.69, 9.17) is 9.84 Å². The summed E-state index contributed by atoms with van der Waals surface area (Å²) in [6.07, 6.45) is -0.0207. The number of nitrogens with zero attached hydrogens (tertiary/aromatic N) is 2. The summed E-state index contributed by atoms with van der Waals surface area (Å²) in [4.78, 5) is 18.3. The number of rotatable bonds is 6. The highest BCUT2D eigenvalue weighted by Gasteiger charge is 2.17. The fourth-order valence-electron chi connectivity index (χ4n) is 2.13. The van der Waals surface area contributed by atoms with E-state index in [1.54, 1.807) is 0 Å². The molecule has 0 amide bonds. The van der Waals surface area contributed by atoms with Crippen molar-refractivity contribution >= 4 is 22.4 Å². The molecule has 22 heavy (non-hydrogen) atoms. The minimum absolute atomic E-state index is 0.0207. The van der Waals surface area contributed by atoms with Gasteiger partial charge in [-0.2, -0.15) is 0 Å². The van der Waals surface area contributed by atoms with Gasteiger partial charge in [-0.05, 0) is 37.6 Å². The van der Waals surface area contributed by atoms with Crippen LogP contribution < -0.4 is 9.64 Å². The summed E-state index contributed by atoms with van der Waals surface area (Å²) in [7, 11) is 3.80. The maximum Gasteiger partial charge on any atom is 0.308 e. The summed E-state index contributed by atoms with van der Waals surface area (Å²) in [6, 6.07) is 5.83. The Kier molecular flexibility index (Phi) is 5.03. The Balaban J connectivity index is 2.46. The topological polar surface area (TPSA) is 62.7 Å². The predicted molar refractivity (Wildman–Crippen MR) is 89.1 cm³/mol. The lowest BCUT2D eigenvalue weighted by molar-refractivity contribution is -0.136. The Morgan fingerprint density at radius 2 is 2.14 bits per heavy atom. The van der Waals surface area contributed by atoms with Crippen LogP contribution in [-0.2, 0) is 11.2 Å². The number of aliphatic carboxylic acids is 1. The van der Waals surface area contributed by atoms with Crippen LogP contribution in [0.4, 0.5) is 5.13 Å². The number of anilines is 1. The van der Waals surface area contributed by atoms with Gasteiger partial charge in [-0.3, -0.25) is 4.79 Å². The van der Waals surface area contributed by atoms with Crippen LogP contribution in [0, 0.1) is 6.92 Å². The molecule has 2 rings (SSSR count). The number of carboxylic acid groups (broad SMARTS) is 1. The number of aryl methyl sites for hydroxylation is 1. The van der Waals surface area contributed by atoms with Crippen molar-refractivity contribution in [3.8, 4) is 17.0 Å². The van der Waals surface area contributed by atoms with Crippen molar-refractivity contribution in [1.29, 1.82) is 0 Å². The fraction of sp³-hybridized carbons (Fsp3) is 0.375. The van der Waals surface area contributed by atoms with Crippen LogP contribution in [0.3, 0.4) is 0 Å². The van der Waals surface area contributed by atoms with Crippen molar-refractivity contribution in [2.45, 2.75) is 20.3 Å². The van der Waals surface area contributed by atoms with Crippen molar-refractivity contribution in [3.63, 3.8) is 0 Å². The van der Waals surface area contributed by atoms with E-state index in [1.165, 1.54) is 11.3 Å². The first kappa shape index (κ1) is 16.3. The minimum atomic E-state index is -0.849. The van der Waals surface area contributed by atoms with E-state index in [9.17, 15) is 4.79 Å². The number of carbonyl (C=O) groups is 1. The fourth-order valence-corrected chi connectivity index (χ4v) is 3.12. The number of aromatic nitrogens is 1. The first-order chi connectivity index (χ1) is 10.4. The van der Waals surface area contributed by atoms with Gasteiger partial charge in [0.25, 0.3) is 0 Å². The molecule has 0 aliphatic carbocycles. The summed E-state index contributed by atoms with van der Waals surface area (Å²) in [5.74, 6) is -0.00744. The Labute approximate surface area is 134 Å². The highest BCUT2D eigenvalue weighted by Crippen LogP contribution is 2.34. The number of hydrogen-bond acceptors (Lipinski definition) is 5. The number of benzene rings is 1. The quantitative estimate of drug-likeness (QED) is 0.885. The molecule has 0 fully saturated rings. The lowest BCUT2D eigenvalue weighted by atomic mass is 10.1. The van der Waals surface area contributed by atoms with Crippen LogP contribution in [0.5, 0.6) is 5.75 Å². The maximum absolute atomic E-state index is 11.1. The molecule has 1 aromatic heterocycles. The van der Waals surface area contributed by atoms with Gasteiger partial charge in [0.1, 0.15) is 5.75 Å². The molecule has 0 spiro atoms. The van der Waals surface area contributed by atoms with Crippen LogP contribution >= 0.6 is 11.3 Å². The molecule has 118 valence electrons. The first-order valence-corrected chi connectivity index (χ1v) is 7.86.